The molecule has 26 heavy (non-hydrogen) atoms. The number of aromatic nitrogens is 2. The Balaban J connectivity index is 1.28. The van der Waals surface area contributed by atoms with E-state index in [1.54, 1.807) is 0 Å². The van der Waals surface area contributed by atoms with Crippen molar-refractivity contribution in [2.75, 3.05) is 0 Å². The molecule has 2 aromatic heterocycles. The van der Waals surface area contributed by atoms with Crippen molar-refractivity contribution in [3.63, 3.8) is 0 Å². The van der Waals surface area contributed by atoms with Gasteiger partial charge in [0.05, 0.1) is 11.4 Å². The number of fused-ring (bicyclic) bond motifs is 1. The Labute approximate surface area is 156 Å². The molecule has 0 radical (unpaired) electrons. The molecule has 0 unspecified atom stereocenters. The maximum absolute atomic E-state index is 12.3. The number of thiophene rings is 1. The molecule has 1 N–H and O–H groups in total. The number of aryl methyl sites for hydroxylation is 1. The summed E-state index contributed by atoms with van der Waals surface area (Å²) in [4.78, 5) is 25.0. The molecule has 4 rings (SSSR count). The summed E-state index contributed by atoms with van der Waals surface area (Å²) < 4.78 is 6.42. The average Bonchev–Trinajstić information content (AvgIpc) is 3.29. The molecule has 2 heterocycles. The minimum atomic E-state index is -0.510. The Kier molecular flexibility index (Phi) is 5.24. The van der Waals surface area contributed by atoms with Crippen molar-refractivity contribution in [3.05, 3.63) is 28.1 Å². The van der Waals surface area contributed by atoms with Gasteiger partial charge in [0, 0.05) is 12.5 Å². The van der Waals surface area contributed by atoms with Gasteiger partial charge in [0.1, 0.15) is 0 Å². The number of rotatable bonds is 5. The van der Waals surface area contributed by atoms with Crippen molar-refractivity contribution in [2.45, 2.75) is 64.0 Å². The molecule has 0 spiro atoms. The first kappa shape index (κ1) is 17.5. The largest absolute Gasteiger partial charge is 0.437 e. The van der Waals surface area contributed by atoms with E-state index >= 15 is 0 Å². The van der Waals surface area contributed by atoms with E-state index in [1.165, 1.54) is 48.1 Å². The fourth-order valence-electron chi connectivity index (χ4n) is 4.46. The average molecular weight is 375 g/mol. The third-order valence-corrected chi connectivity index (χ3v) is 6.65. The van der Waals surface area contributed by atoms with Gasteiger partial charge in [-0.2, -0.15) is 4.68 Å². The van der Waals surface area contributed by atoms with Crippen LogP contribution in [-0.2, 0) is 11.3 Å². The van der Waals surface area contributed by atoms with Crippen LogP contribution in [0.2, 0.25) is 0 Å². The molecular formula is C19H25N3O3S. The summed E-state index contributed by atoms with van der Waals surface area (Å²) in [5, 5.41) is 9.26. The van der Waals surface area contributed by atoms with Gasteiger partial charge in [0.2, 0.25) is 5.91 Å². The van der Waals surface area contributed by atoms with Gasteiger partial charge in [-0.15, -0.1) is 16.4 Å². The first-order chi connectivity index (χ1) is 12.7. The zero-order valence-electron chi connectivity index (χ0n) is 14.9. The van der Waals surface area contributed by atoms with Gasteiger partial charge in [-0.1, -0.05) is 31.7 Å². The van der Waals surface area contributed by atoms with Gasteiger partial charge >= 0.3 is 5.76 Å². The summed E-state index contributed by atoms with van der Waals surface area (Å²) in [6, 6.07) is 4.03. The van der Waals surface area contributed by atoms with E-state index in [4.69, 9.17) is 4.42 Å². The van der Waals surface area contributed by atoms with Crippen molar-refractivity contribution in [1.29, 1.82) is 0 Å². The monoisotopic (exact) mass is 375 g/mol. The van der Waals surface area contributed by atoms with Crippen LogP contribution in [0, 0.1) is 11.8 Å². The molecule has 0 saturated heterocycles. The highest BCUT2D eigenvalue weighted by Gasteiger charge is 2.32. The minimum Gasteiger partial charge on any atom is -0.387 e. The predicted octanol–water partition coefficient (Wildman–Crippen LogP) is 3.43. The van der Waals surface area contributed by atoms with Gasteiger partial charge in [0.15, 0.2) is 0 Å². The van der Waals surface area contributed by atoms with E-state index in [9.17, 15) is 9.59 Å². The Hall–Kier alpha value is -1.89. The van der Waals surface area contributed by atoms with Crippen LogP contribution < -0.4 is 11.1 Å². The molecule has 2 saturated carbocycles. The molecule has 2 fully saturated rings. The van der Waals surface area contributed by atoms with E-state index in [0.29, 0.717) is 5.89 Å². The number of carbonyl (C=O) groups excluding carboxylic acids is 1. The maximum Gasteiger partial charge on any atom is 0.437 e. The lowest BCUT2D eigenvalue weighted by atomic mass is 9.69. The molecule has 2 aromatic rings. The fraction of sp³-hybridized carbons (Fsp3) is 0.632. The van der Waals surface area contributed by atoms with Crippen molar-refractivity contribution in [1.82, 2.24) is 15.1 Å². The number of hydrogen-bond acceptors (Lipinski definition) is 5. The number of amides is 1. The molecule has 7 heteroatoms. The normalized spacial score (nSPS) is 25.6. The van der Waals surface area contributed by atoms with E-state index in [-0.39, 0.29) is 24.9 Å². The van der Waals surface area contributed by atoms with E-state index < -0.39 is 5.76 Å². The lowest BCUT2D eigenvalue weighted by Crippen LogP contribution is -2.42. The van der Waals surface area contributed by atoms with Crippen LogP contribution in [0.3, 0.4) is 0 Å². The molecule has 0 aliphatic heterocycles. The van der Waals surface area contributed by atoms with E-state index in [1.807, 2.05) is 17.5 Å². The Morgan fingerprint density at radius 1 is 1.27 bits per heavy atom. The molecular weight excluding hydrogens is 350 g/mol. The Morgan fingerprint density at radius 3 is 2.92 bits per heavy atom. The maximum atomic E-state index is 12.3. The molecule has 2 aliphatic rings. The first-order valence-corrected chi connectivity index (χ1v) is 10.5. The van der Waals surface area contributed by atoms with E-state index in [0.717, 1.165) is 29.6 Å². The van der Waals surface area contributed by atoms with Crippen LogP contribution in [0.4, 0.5) is 0 Å². The minimum absolute atomic E-state index is 0.00293. The van der Waals surface area contributed by atoms with Crippen molar-refractivity contribution in [3.8, 4) is 10.8 Å². The summed E-state index contributed by atoms with van der Waals surface area (Å²) in [5.41, 5.74) is 0. The van der Waals surface area contributed by atoms with Crippen LogP contribution in [0.5, 0.6) is 0 Å². The van der Waals surface area contributed by atoms with E-state index in [2.05, 4.69) is 10.4 Å². The third kappa shape index (κ3) is 3.92. The highest BCUT2D eigenvalue weighted by atomic mass is 32.1. The van der Waals surface area contributed by atoms with Crippen LogP contribution in [0.1, 0.15) is 51.4 Å². The quantitative estimate of drug-likeness (QED) is 0.868. The molecule has 140 valence electrons. The topological polar surface area (TPSA) is 77.1 Å². The number of hydrogen-bond donors (Lipinski definition) is 1. The van der Waals surface area contributed by atoms with Crippen LogP contribution >= 0.6 is 11.3 Å². The zero-order valence-corrected chi connectivity index (χ0v) is 15.7. The summed E-state index contributed by atoms with van der Waals surface area (Å²) >= 11 is 1.47. The fourth-order valence-corrected chi connectivity index (χ4v) is 5.10. The molecule has 0 bridgehead atoms. The predicted molar refractivity (Wildman–Crippen MR) is 99.9 cm³/mol. The summed E-state index contributed by atoms with van der Waals surface area (Å²) in [5.74, 6) is 1.47. The second-order valence-electron chi connectivity index (χ2n) is 7.51. The summed E-state index contributed by atoms with van der Waals surface area (Å²) in [6.07, 6.45) is 9.08. The Bertz CT molecular complexity index is 795. The highest BCUT2D eigenvalue weighted by Crippen LogP contribution is 2.40. The molecule has 1 amide bonds. The highest BCUT2D eigenvalue weighted by molar-refractivity contribution is 7.13. The van der Waals surface area contributed by atoms with Crippen LogP contribution in [0.15, 0.2) is 26.7 Å². The second kappa shape index (κ2) is 7.78. The lowest BCUT2D eigenvalue weighted by molar-refractivity contribution is -0.122. The Morgan fingerprint density at radius 2 is 2.12 bits per heavy atom. The van der Waals surface area contributed by atoms with Crippen LogP contribution in [-0.4, -0.2) is 21.7 Å². The first-order valence-electron chi connectivity index (χ1n) is 9.60. The second-order valence-corrected chi connectivity index (χ2v) is 8.45. The summed E-state index contributed by atoms with van der Waals surface area (Å²) in [6.45, 7) is 0.248. The van der Waals surface area contributed by atoms with Gasteiger partial charge in [-0.3, -0.25) is 4.79 Å². The van der Waals surface area contributed by atoms with Gasteiger partial charge in [-0.25, -0.2) is 4.79 Å². The standard InChI is InChI=1S/C19H25N3O3S/c23-17(20-15-8-7-13-4-1-2-5-14(13)12-15)9-10-22-19(24)25-18(21-22)16-6-3-11-26-16/h3,6,11,13-15H,1-2,4-5,7-10,12H2,(H,20,23)/t13-,14-,15-/m1/s1. The zero-order chi connectivity index (χ0) is 17.9. The molecule has 6 nitrogen and oxygen atoms in total. The smallest absolute Gasteiger partial charge is 0.387 e. The van der Waals surface area contributed by atoms with Gasteiger partial charge < -0.3 is 9.73 Å². The van der Waals surface area contributed by atoms with Gasteiger partial charge in [0.25, 0.3) is 5.89 Å². The third-order valence-electron chi connectivity index (χ3n) is 5.79. The molecule has 2 aliphatic carbocycles. The number of nitrogens with zero attached hydrogens (tertiary/aromatic N) is 2. The molecule has 0 aromatic carbocycles. The lowest BCUT2D eigenvalue weighted by Gasteiger charge is -2.39. The number of nitrogens with one attached hydrogen (secondary N) is 1. The van der Waals surface area contributed by atoms with Crippen molar-refractivity contribution >= 4 is 17.2 Å². The van der Waals surface area contributed by atoms with Crippen LogP contribution in [0.25, 0.3) is 10.8 Å². The van der Waals surface area contributed by atoms with Crippen molar-refractivity contribution < 1.29 is 9.21 Å². The van der Waals surface area contributed by atoms with Gasteiger partial charge in [-0.05, 0) is 42.5 Å². The molecule has 3 atom stereocenters. The SMILES string of the molecule is O=C(CCn1nc(-c2cccs2)oc1=O)N[C@@H]1CC[C@H]2CCCC[C@@H]2C1. The number of carbonyl (C=O) groups is 1. The summed E-state index contributed by atoms with van der Waals surface area (Å²) in [7, 11) is 0. The van der Waals surface area contributed by atoms with Crippen molar-refractivity contribution in [2.24, 2.45) is 11.8 Å².